The van der Waals surface area contributed by atoms with E-state index in [1.807, 2.05) is 5.38 Å². The maximum absolute atomic E-state index is 5.59. The molecule has 14 heavy (non-hydrogen) atoms. The summed E-state index contributed by atoms with van der Waals surface area (Å²) in [5.74, 6) is 0. The van der Waals surface area contributed by atoms with E-state index in [4.69, 9.17) is 5.73 Å². The molecule has 0 radical (unpaired) electrons. The summed E-state index contributed by atoms with van der Waals surface area (Å²) in [6, 6.07) is 6.33. The van der Waals surface area contributed by atoms with Crippen LogP contribution in [0.25, 0.3) is 11.3 Å². The van der Waals surface area contributed by atoms with Crippen LogP contribution in [0.4, 0.5) is 5.13 Å². The molecule has 0 saturated carbocycles. The summed E-state index contributed by atoms with van der Waals surface area (Å²) in [7, 11) is 0. The zero-order valence-electron chi connectivity index (χ0n) is 8.24. The van der Waals surface area contributed by atoms with Gasteiger partial charge in [-0.25, -0.2) is 4.98 Å². The third kappa shape index (κ3) is 1.63. The topological polar surface area (TPSA) is 38.9 Å². The first kappa shape index (κ1) is 9.21. The number of nitrogens with two attached hydrogens (primary N) is 1. The molecule has 0 atom stereocenters. The lowest BCUT2D eigenvalue weighted by molar-refractivity contribution is 1.32. The summed E-state index contributed by atoms with van der Waals surface area (Å²) >= 11 is 1.48. The van der Waals surface area contributed by atoms with Crippen LogP contribution in [0.3, 0.4) is 0 Å². The van der Waals surface area contributed by atoms with Gasteiger partial charge in [0.05, 0.1) is 5.69 Å². The predicted octanol–water partition coefficient (Wildman–Crippen LogP) is 3.01. The molecule has 0 aliphatic rings. The molecule has 1 heterocycles. The van der Waals surface area contributed by atoms with E-state index in [1.165, 1.54) is 22.5 Å². The number of hydrogen-bond acceptors (Lipinski definition) is 3. The Labute approximate surface area is 87.4 Å². The first-order valence-electron chi connectivity index (χ1n) is 4.45. The van der Waals surface area contributed by atoms with Gasteiger partial charge in [-0.05, 0) is 31.0 Å². The number of thiazole rings is 1. The SMILES string of the molecule is Cc1ccc(-c2csc(N)n2)cc1C. The molecule has 72 valence electrons. The Kier molecular flexibility index (Phi) is 2.25. The molecule has 1 aromatic carbocycles. The lowest BCUT2D eigenvalue weighted by Crippen LogP contribution is -1.85. The lowest BCUT2D eigenvalue weighted by Gasteiger charge is -2.01. The Morgan fingerprint density at radius 2 is 2.00 bits per heavy atom. The highest BCUT2D eigenvalue weighted by Crippen LogP contribution is 2.24. The normalized spacial score (nSPS) is 10.4. The van der Waals surface area contributed by atoms with Crippen LogP contribution in [0.2, 0.25) is 0 Å². The summed E-state index contributed by atoms with van der Waals surface area (Å²) in [4.78, 5) is 4.25. The van der Waals surface area contributed by atoms with E-state index in [2.05, 4.69) is 37.0 Å². The third-order valence-electron chi connectivity index (χ3n) is 2.32. The van der Waals surface area contributed by atoms with Gasteiger partial charge < -0.3 is 5.73 Å². The third-order valence-corrected chi connectivity index (χ3v) is 3.00. The minimum atomic E-state index is 0.623. The van der Waals surface area contributed by atoms with Crippen LogP contribution in [-0.4, -0.2) is 4.98 Å². The van der Waals surface area contributed by atoms with E-state index in [1.54, 1.807) is 0 Å². The Bertz CT molecular complexity index is 460. The van der Waals surface area contributed by atoms with Crippen molar-refractivity contribution in [3.05, 3.63) is 34.7 Å². The first-order valence-corrected chi connectivity index (χ1v) is 5.33. The second kappa shape index (κ2) is 3.42. The fourth-order valence-corrected chi connectivity index (χ4v) is 1.89. The highest BCUT2D eigenvalue weighted by atomic mass is 32.1. The van der Waals surface area contributed by atoms with Gasteiger partial charge >= 0.3 is 0 Å². The quantitative estimate of drug-likeness (QED) is 0.775. The Morgan fingerprint density at radius 3 is 2.57 bits per heavy atom. The number of hydrogen-bond donors (Lipinski definition) is 1. The number of nitrogens with zero attached hydrogens (tertiary/aromatic N) is 1. The van der Waals surface area contributed by atoms with E-state index >= 15 is 0 Å². The average molecular weight is 204 g/mol. The molecule has 0 spiro atoms. The van der Waals surface area contributed by atoms with Crippen molar-refractivity contribution in [2.24, 2.45) is 0 Å². The van der Waals surface area contributed by atoms with Gasteiger partial charge in [0, 0.05) is 10.9 Å². The monoisotopic (exact) mass is 204 g/mol. The molecule has 0 bridgehead atoms. The molecule has 0 aliphatic heterocycles. The molecule has 2 nitrogen and oxygen atoms in total. The summed E-state index contributed by atoms with van der Waals surface area (Å²) in [5.41, 5.74) is 10.3. The van der Waals surface area contributed by atoms with Gasteiger partial charge in [0.1, 0.15) is 0 Å². The van der Waals surface area contributed by atoms with E-state index in [0.29, 0.717) is 5.13 Å². The van der Waals surface area contributed by atoms with Gasteiger partial charge in [-0.3, -0.25) is 0 Å². The fourth-order valence-electron chi connectivity index (χ4n) is 1.32. The second-order valence-corrected chi connectivity index (χ2v) is 4.26. The largest absolute Gasteiger partial charge is 0.375 e. The molecule has 0 fully saturated rings. The van der Waals surface area contributed by atoms with Gasteiger partial charge in [0.15, 0.2) is 5.13 Å². The van der Waals surface area contributed by atoms with E-state index in [9.17, 15) is 0 Å². The van der Waals surface area contributed by atoms with Crippen LogP contribution in [0.5, 0.6) is 0 Å². The van der Waals surface area contributed by atoms with Crippen LogP contribution in [0.15, 0.2) is 23.6 Å². The lowest BCUT2D eigenvalue weighted by atomic mass is 10.1. The van der Waals surface area contributed by atoms with Crippen molar-refractivity contribution in [1.82, 2.24) is 4.98 Å². The highest BCUT2D eigenvalue weighted by molar-refractivity contribution is 7.13. The van der Waals surface area contributed by atoms with E-state index in [0.717, 1.165) is 11.3 Å². The van der Waals surface area contributed by atoms with Crippen molar-refractivity contribution in [2.45, 2.75) is 13.8 Å². The van der Waals surface area contributed by atoms with Crippen molar-refractivity contribution in [2.75, 3.05) is 5.73 Å². The molecular weight excluding hydrogens is 192 g/mol. The zero-order valence-corrected chi connectivity index (χ0v) is 9.06. The minimum Gasteiger partial charge on any atom is -0.375 e. The molecule has 3 heteroatoms. The molecule has 2 N–H and O–H groups in total. The van der Waals surface area contributed by atoms with Gasteiger partial charge in [-0.1, -0.05) is 12.1 Å². The average Bonchev–Trinajstić information content (AvgIpc) is 2.57. The van der Waals surface area contributed by atoms with Crippen LogP contribution < -0.4 is 5.73 Å². The molecule has 0 saturated heterocycles. The number of rotatable bonds is 1. The molecular formula is C11H12N2S. The van der Waals surface area contributed by atoms with E-state index in [-0.39, 0.29) is 0 Å². The number of aryl methyl sites for hydroxylation is 2. The van der Waals surface area contributed by atoms with Gasteiger partial charge in [-0.2, -0.15) is 0 Å². The van der Waals surface area contributed by atoms with Crippen LogP contribution >= 0.6 is 11.3 Å². The summed E-state index contributed by atoms with van der Waals surface area (Å²) in [6.45, 7) is 4.21. The van der Waals surface area contributed by atoms with Crippen LogP contribution in [0, 0.1) is 13.8 Å². The van der Waals surface area contributed by atoms with Crippen molar-refractivity contribution < 1.29 is 0 Å². The van der Waals surface area contributed by atoms with Crippen molar-refractivity contribution in [1.29, 1.82) is 0 Å². The Balaban J connectivity index is 2.47. The van der Waals surface area contributed by atoms with Crippen molar-refractivity contribution in [3.8, 4) is 11.3 Å². The molecule has 2 aromatic rings. The number of nitrogen functional groups attached to an aromatic ring is 1. The molecule has 2 rings (SSSR count). The molecule has 0 unspecified atom stereocenters. The van der Waals surface area contributed by atoms with Gasteiger partial charge in [0.25, 0.3) is 0 Å². The van der Waals surface area contributed by atoms with Crippen molar-refractivity contribution >= 4 is 16.5 Å². The van der Waals surface area contributed by atoms with Crippen LogP contribution in [-0.2, 0) is 0 Å². The molecule has 0 aliphatic carbocycles. The van der Waals surface area contributed by atoms with Gasteiger partial charge in [-0.15, -0.1) is 11.3 Å². The number of benzene rings is 1. The summed E-state index contributed by atoms with van der Waals surface area (Å²) in [6.07, 6.45) is 0. The minimum absolute atomic E-state index is 0.623. The second-order valence-electron chi connectivity index (χ2n) is 3.37. The summed E-state index contributed by atoms with van der Waals surface area (Å²) < 4.78 is 0. The number of aromatic nitrogens is 1. The summed E-state index contributed by atoms with van der Waals surface area (Å²) in [5, 5.41) is 2.61. The molecule has 1 aromatic heterocycles. The fraction of sp³-hybridized carbons (Fsp3) is 0.182. The smallest absolute Gasteiger partial charge is 0.180 e. The molecule has 0 amide bonds. The highest BCUT2D eigenvalue weighted by Gasteiger charge is 2.03. The predicted molar refractivity (Wildman–Crippen MR) is 61.4 cm³/mol. The standard InChI is InChI=1S/C11H12N2S/c1-7-3-4-9(5-8(7)2)10-6-14-11(12)13-10/h3-6H,1-2H3,(H2,12,13). The number of anilines is 1. The van der Waals surface area contributed by atoms with Crippen LogP contribution in [0.1, 0.15) is 11.1 Å². The van der Waals surface area contributed by atoms with E-state index < -0.39 is 0 Å². The zero-order chi connectivity index (χ0) is 10.1. The van der Waals surface area contributed by atoms with Crippen molar-refractivity contribution in [3.63, 3.8) is 0 Å². The maximum atomic E-state index is 5.59. The van der Waals surface area contributed by atoms with Gasteiger partial charge in [0.2, 0.25) is 0 Å². The first-order chi connectivity index (χ1) is 6.66. The Morgan fingerprint density at radius 1 is 1.21 bits per heavy atom. The maximum Gasteiger partial charge on any atom is 0.180 e. The Hall–Kier alpha value is -1.35.